The first-order valence-electron chi connectivity index (χ1n) is 9.77. The van der Waals surface area contributed by atoms with Crippen LogP contribution in [0.25, 0.3) is 5.57 Å². The van der Waals surface area contributed by atoms with E-state index >= 15 is 0 Å². The van der Waals surface area contributed by atoms with Crippen LogP contribution >= 0.6 is 11.6 Å². The number of aromatic amines is 1. The number of halogens is 4. The molecule has 0 spiro atoms. The number of rotatable bonds is 7. The molecule has 0 amide bonds. The van der Waals surface area contributed by atoms with E-state index in [0.29, 0.717) is 42.6 Å². The number of Topliss-reactive ketones (excluding diaryl/α,β-unsaturated/α-hetero) is 1. The van der Waals surface area contributed by atoms with Crippen molar-refractivity contribution in [2.75, 3.05) is 13.2 Å². The van der Waals surface area contributed by atoms with E-state index in [9.17, 15) is 22.8 Å². The molecule has 3 rings (SSSR count). The van der Waals surface area contributed by atoms with Gasteiger partial charge in [-0.2, -0.15) is 13.2 Å². The lowest BCUT2D eigenvalue weighted by atomic mass is 9.95. The third kappa shape index (κ3) is 5.77. The average molecular weight is 456 g/mol. The molecule has 166 valence electrons. The summed E-state index contributed by atoms with van der Waals surface area (Å²) in [5, 5.41) is 9.14. The number of ether oxygens (including phenoxy) is 1. The molecule has 2 aromatic rings. The monoisotopic (exact) mass is 455 g/mol. The van der Waals surface area contributed by atoms with E-state index in [-0.39, 0.29) is 35.6 Å². The predicted octanol–water partition coefficient (Wildman–Crippen LogP) is 4.61. The molecule has 1 aliphatic rings. The lowest BCUT2D eigenvalue weighted by Crippen LogP contribution is -2.22. The molecule has 1 atom stereocenters. The number of allylic oxidation sites excluding steroid dienone is 1. The van der Waals surface area contributed by atoms with Crippen molar-refractivity contribution in [1.29, 1.82) is 0 Å². The van der Waals surface area contributed by atoms with Crippen molar-refractivity contribution < 1.29 is 27.8 Å². The molecule has 0 radical (unpaired) electrons. The zero-order chi connectivity index (χ0) is 22.6. The Morgan fingerprint density at radius 2 is 2.03 bits per heavy atom. The summed E-state index contributed by atoms with van der Waals surface area (Å²) in [6.07, 6.45) is -1.12. The van der Waals surface area contributed by atoms with Crippen molar-refractivity contribution in [2.45, 2.75) is 31.9 Å². The van der Waals surface area contributed by atoms with Gasteiger partial charge in [0.25, 0.3) is 5.56 Å². The van der Waals surface area contributed by atoms with Gasteiger partial charge in [0.2, 0.25) is 0 Å². The van der Waals surface area contributed by atoms with Gasteiger partial charge in [0.05, 0.1) is 11.6 Å². The number of H-pyrrole nitrogens is 1. The van der Waals surface area contributed by atoms with Gasteiger partial charge in [-0.1, -0.05) is 23.7 Å². The number of aliphatic hydroxyl groups is 1. The van der Waals surface area contributed by atoms with Gasteiger partial charge >= 0.3 is 6.18 Å². The smallest absolute Gasteiger partial charge is 0.421 e. The van der Waals surface area contributed by atoms with Crippen LogP contribution in [0.5, 0.6) is 5.75 Å². The van der Waals surface area contributed by atoms with Crippen LogP contribution in [0.3, 0.4) is 0 Å². The van der Waals surface area contributed by atoms with Gasteiger partial charge in [-0.15, -0.1) is 0 Å². The molecule has 1 aromatic heterocycles. The number of hydrogen-bond donors (Lipinski definition) is 2. The second kappa shape index (κ2) is 9.70. The van der Waals surface area contributed by atoms with Crippen LogP contribution in [0.1, 0.15) is 42.5 Å². The highest BCUT2D eigenvalue weighted by Crippen LogP contribution is 2.34. The third-order valence-corrected chi connectivity index (χ3v) is 5.29. The van der Waals surface area contributed by atoms with Crippen LogP contribution in [0.2, 0.25) is 5.02 Å². The van der Waals surface area contributed by atoms with Crippen LogP contribution in [0, 0.1) is 5.92 Å². The highest BCUT2D eigenvalue weighted by atomic mass is 35.5. The van der Waals surface area contributed by atoms with Crippen molar-refractivity contribution in [2.24, 2.45) is 5.92 Å². The summed E-state index contributed by atoms with van der Waals surface area (Å²) in [6, 6.07) is 6.83. The topological polar surface area (TPSA) is 79.4 Å². The number of nitrogens with one attached hydrogen (secondary N) is 1. The number of aliphatic hydroxyl groups excluding tert-OH is 1. The highest BCUT2D eigenvalue weighted by Gasteiger charge is 2.34. The van der Waals surface area contributed by atoms with Gasteiger partial charge in [-0.3, -0.25) is 9.59 Å². The maximum Gasteiger partial charge on any atom is 0.421 e. The largest absolute Gasteiger partial charge is 0.492 e. The van der Waals surface area contributed by atoms with Gasteiger partial charge in [0.15, 0.2) is 0 Å². The van der Waals surface area contributed by atoms with Crippen molar-refractivity contribution in [3.05, 3.63) is 68.6 Å². The highest BCUT2D eigenvalue weighted by molar-refractivity contribution is 6.32. The summed E-state index contributed by atoms with van der Waals surface area (Å²) in [5.74, 6) is 0.426. The van der Waals surface area contributed by atoms with E-state index in [4.69, 9.17) is 21.4 Å². The maximum absolute atomic E-state index is 13.0. The average Bonchev–Trinajstić information content (AvgIpc) is 3.11. The molecular weight excluding hydrogens is 435 g/mol. The SMILES string of the molecule is O=C1CC[C@H](/C=C(/c2ccc(OCCCO)c(Cl)c2)c2ccc(C(F)(F)F)c(=O)[nH]2)C1. The van der Waals surface area contributed by atoms with Crippen LogP contribution in [-0.2, 0) is 11.0 Å². The van der Waals surface area contributed by atoms with Gasteiger partial charge in [0.1, 0.15) is 17.1 Å². The Kier molecular flexibility index (Phi) is 7.23. The number of hydrogen-bond acceptors (Lipinski definition) is 4. The van der Waals surface area contributed by atoms with Crippen LogP contribution in [0.15, 0.2) is 41.2 Å². The number of carbonyl (C=O) groups is 1. The van der Waals surface area contributed by atoms with Gasteiger partial charge in [-0.25, -0.2) is 0 Å². The molecule has 5 nitrogen and oxygen atoms in total. The Bertz CT molecular complexity index is 1050. The fraction of sp³-hybridized carbons (Fsp3) is 0.364. The van der Waals surface area contributed by atoms with E-state index < -0.39 is 17.3 Å². The van der Waals surface area contributed by atoms with Crippen molar-refractivity contribution in [3.63, 3.8) is 0 Å². The Morgan fingerprint density at radius 1 is 1.26 bits per heavy atom. The minimum Gasteiger partial charge on any atom is -0.492 e. The summed E-state index contributed by atoms with van der Waals surface area (Å²) < 4.78 is 44.4. The Balaban J connectivity index is 2.01. The normalized spacial score (nSPS) is 17.3. The van der Waals surface area contributed by atoms with E-state index in [1.54, 1.807) is 24.3 Å². The van der Waals surface area contributed by atoms with Crippen molar-refractivity contribution >= 4 is 23.0 Å². The van der Waals surface area contributed by atoms with Gasteiger partial charge < -0.3 is 14.8 Å². The molecule has 1 aliphatic carbocycles. The van der Waals surface area contributed by atoms with E-state index in [1.165, 1.54) is 6.07 Å². The molecule has 0 bridgehead atoms. The molecule has 0 saturated heterocycles. The first kappa shape index (κ1) is 23.1. The fourth-order valence-electron chi connectivity index (χ4n) is 3.45. The standard InChI is InChI=1S/C22H21ClF3NO4/c23-18-12-14(3-7-20(18)31-9-1-8-28)16(11-13-2-4-15(29)10-13)19-6-5-17(21(30)27-19)22(24,25)26/h3,5-7,11-13,28H,1-2,4,8-10H2,(H,27,30)/b16-11-/t13-/m0/s1. The lowest BCUT2D eigenvalue weighted by Gasteiger charge is -2.15. The van der Waals surface area contributed by atoms with Crippen LogP contribution in [-0.4, -0.2) is 29.1 Å². The fourth-order valence-corrected chi connectivity index (χ4v) is 3.68. The summed E-state index contributed by atoms with van der Waals surface area (Å²) in [6.45, 7) is 0.249. The first-order chi connectivity index (χ1) is 14.7. The van der Waals surface area contributed by atoms with Crippen molar-refractivity contribution in [1.82, 2.24) is 4.98 Å². The molecule has 1 heterocycles. The Hall–Kier alpha value is -2.58. The zero-order valence-electron chi connectivity index (χ0n) is 16.5. The van der Waals surface area contributed by atoms with Crippen molar-refractivity contribution in [3.8, 4) is 5.75 Å². The number of pyridine rings is 1. The van der Waals surface area contributed by atoms with Gasteiger partial charge in [-0.05, 0) is 42.2 Å². The maximum atomic E-state index is 13.0. The Morgan fingerprint density at radius 3 is 2.61 bits per heavy atom. The minimum absolute atomic E-state index is 0.0238. The van der Waals surface area contributed by atoms with Crippen LogP contribution in [0.4, 0.5) is 13.2 Å². The van der Waals surface area contributed by atoms with E-state index in [2.05, 4.69) is 4.98 Å². The second-order valence-electron chi connectivity index (χ2n) is 7.31. The second-order valence-corrected chi connectivity index (χ2v) is 7.71. The lowest BCUT2D eigenvalue weighted by molar-refractivity contribution is -0.138. The van der Waals surface area contributed by atoms with E-state index in [0.717, 1.165) is 6.07 Å². The molecule has 1 aromatic carbocycles. The summed E-state index contributed by atoms with van der Waals surface area (Å²) in [7, 11) is 0. The zero-order valence-corrected chi connectivity index (χ0v) is 17.2. The van der Waals surface area contributed by atoms with Gasteiger partial charge in [0, 0.05) is 37.1 Å². The van der Waals surface area contributed by atoms with Crippen LogP contribution < -0.4 is 10.3 Å². The number of alkyl halides is 3. The third-order valence-electron chi connectivity index (χ3n) is 4.99. The molecule has 31 heavy (non-hydrogen) atoms. The summed E-state index contributed by atoms with van der Waals surface area (Å²) >= 11 is 6.31. The molecule has 1 fully saturated rings. The molecule has 0 unspecified atom stereocenters. The number of ketones is 1. The molecule has 0 aliphatic heterocycles. The molecular formula is C22H21ClF3NO4. The number of aromatic nitrogens is 1. The first-order valence-corrected chi connectivity index (χ1v) is 10.1. The molecule has 1 saturated carbocycles. The number of benzene rings is 1. The Labute approximate surface area is 181 Å². The molecule has 9 heteroatoms. The quantitative estimate of drug-likeness (QED) is 0.597. The number of carbonyl (C=O) groups excluding carboxylic acids is 1. The predicted molar refractivity (Wildman–Crippen MR) is 110 cm³/mol. The summed E-state index contributed by atoms with van der Waals surface area (Å²) in [4.78, 5) is 26.0. The van der Waals surface area contributed by atoms with E-state index in [1.807, 2.05) is 0 Å². The minimum atomic E-state index is -4.76. The summed E-state index contributed by atoms with van der Waals surface area (Å²) in [5.41, 5.74) is -1.28. The molecule has 2 N–H and O–H groups in total.